The van der Waals surface area contributed by atoms with Gasteiger partial charge >= 0.3 is 0 Å². The van der Waals surface area contributed by atoms with Gasteiger partial charge in [0.25, 0.3) is 0 Å². The smallest absolute Gasteiger partial charge is 0.233 e. The molecule has 0 aliphatic carbocycles. The van der Waals surface area contributed by atoms with Crippen molar-refractivity contribution in [1.29, 1.82) is 0 Å². The van der Waals surface area contributed by atoms with E-state index in [0.717, 1.165) is 5.56 Å². The summed E-state index contributed by atoms with van der Waals surface area (Å²) < 4.78 is 30.3. The number of rotatable bonds is 5. The molecule has 0 spiro atoms. The quantitative estimate of drug-likeness (QED) is 0.910. The van der Waals surface area contributed by atoms with Crippen molar-refractivity contribution in [3.05, 3.63) is 36.4 Å². The number of sulfonamides is 1. The molecule has 1 heterocycles. The van der Waals surface area contributed by atoms with Gasteiger partial charge in [-0.15, -0.1) is 10.2 Å². The van der Waals surface area contributed by atoms with Crippen LogP contribution in [0.5, 0.6) is 5.88 Å². The second kappa shape index (κ2) is 5.87. The van der Waals surface area contributed by atoms with Crippen LogP contribution >= 0.6 is 0 Å². The van der Waals surface area contributed by atoms with Crippen LogP contribution in [-0.2, 0) is 10.0 Å². The molecule has 0 bridgehead atoms. The average molecular weight is 293 g/mol. The van der Waals surface area contributed by atoms with E-state index < -0.39 is 10.0 Å². The molecule has 0 aliphatic rings. The van der Waals surface area contributed by atoms with Crippen LogP contribution in [0, 0.1) is 0 Å². The van der Waals surface area contributed by atoms with E-state index in [1.807, 2.05) is 0 Å². The number of anilines is 1. The Hall–Kier alpha value is -2.15. The summed E-state index contributed by atoms with van der Waals surface area (Å²) in [4.78, 5) is 0. The van der Waals surface area contributed by atoms with Gasteiger partial charge in [0.15, 0.2) is 0 Å². The van der Waals surface area contributed by atoms with Crippen molar-refractivity contribution < 1.29 is 13.2 Å². The van der Waals surface area contributed by atoms with Crippen molar-refractivity contribution in [2.24, 2.45) is 0 Å². The minimum Gasteiger partial charge on any atom is -0.480 e. The van der Waals surface area contributed by atoms with E-state index in [9.17, 15) is 8.42 Å². The van der Waals surface area contributed by atoms with Gasteiger partial charge in [-0.3, -0.25) is 4.72 Å². The third-order valence-corrected chi connectivity index (χ3v) is 3.99. The zero-order chi connectivity index (χ0) is 14.6. The van der Waals surface area contributed by atoms with Crippen LogP contribution in [0.1, 0.15) is 6.92 Å². The third kappa shape index (κ3) is 3.45. The predicted molar refractivity (Wildman–Crippen MR) is 77.1 cm³/mol. The average Bonchev–Trinajstić information content (AvgIpc) is 2.48. The van der Waals surface area contributed by atoms with Crippen molar-refractivity contribution >= 4 is 15.7 Å². The van der Waals surface area contributed by atoms with E-state index in [1.165, 1.54) is 7.11 Å². The summed E-state index contributed by atoms with van der Waals surface area (Å²) >= 11 is 0. The molecule has 6 nitrogen and oxygen atoms in total. The molecule has 1 aromatic heterocycles. The van der Waals surface area contributed by atoms with Crippen LogP contribution in [0.4, 0.5) is 5.69 Å². The number of nitrogens with zero attached hydrogens (tertiary/aromatic N) is 2. The Labute approximate surface area is 117 Å². The lowest BCUT2D eigenvalue weighted by Crippen LogP contribution is -2.14. The van der Waals surface area contributed by atoms with Gasteiger partial charge in [0.2, 0.25) is 15.9 Å². The van der Waals surface area contributed by atoms with Gasteiger partial charge in [-0.2, -0.15) is 0 Å². The summed E-state index contributed by atoms with van der Waals surface area (Å²) in [7, 11) is -1.73. The standard InChI is InChI=1S/C13H15N3O3S/c1-3-20(17,18)16-11-6-4-10(5-7-11)12-8-9-13(19-2)15-14-12/h4-9,16H,3H2,1-2H3. The Balaban J connectivity index is 2.19. The number of methoxy groups -OCH3 is 1. The molecular formula is C13H15N3O3S. The first kappa shape index (κ1) is 14.3. The van der Waals surface area contributed by atoms with Gasteiger partial charge in [-0.05, 0) is 25.1 Å². The normalized spacial score (nSPS) is 11.1. The molecule has 0 fully saturated rings. The zero-order valence-corrected chi connectivity index (χ0v) is 12.0. The Bertz CT molecular complexity index is 667. The molecule has 2 rings (SSSR count). The van der Waals surface area contributed by atoms with E-state index in [-0.39, 0.29) is 5.75 Å². The van der Waals surface area contributed by atoms with Crippen molar-refractivity contribution in [3.63, 3.8) is 0 Å². The summed E-state index contributed by atoms with van der Waals surface area (Å²) in [6, 6.07) is 10.4. The van der Waals surface area contributed by atoms with Crippen LogP contribution in [0.15, 0.2) is 36.4 Å². The maximum atomic E-state index is 11.4. The SMILES string of the molecule is CCS(=O)(=O)Nc1ccc(-c2ccc(OC)nn2)cc1. The highest BCUT2D eigenvalue weighted by atomic mass is 32.2. The molecule has 0 unspecified atom stereocenters. The second-order valence-corrected chi connectivity index (χ2v) is 6.05. The summed E-state index contributed by atoms with van der Waals surface area (Å²) in [6.07, 6.45) is 0. The van der Waals surface area contributed by atoms with Crippen molar-refractivity contribution in [2.75, 3.05) is 17.6 Å². The van der Waals surface area contributed by atoms with Gasteiger partial charge in [-0.25, -0.2) is 8.42 Å². The monoisotopic (exact) mass is 293 g/mol. The van der Waals surface area contributed by atoms with E-state index in [4.69, 9.17) is 4.74 Å². The molecule has 1 aromatic carbocycles. The van der Waals surface area contributed by atoms with Crippen LogP contribution in [0.3, 0.4) is 0 Å². The predicted octanol–water partition coefficient (Wildman–Crippen LogP) is 1.91. The minimum absolute atomic E-state index is 0.0404. The molecule has 0 saturated carbocycles. The molecule has 2 aromatic rings. The van der Waals surface area contributed by atoms with E-state index in [1.54, 1.807) is 43.3 Å². The highest BCUT2D eigenvalue weighted by Crippen LogP contribution is 2.20. The van der Waals surface area contributed by atoms with Crippen LogP contribution in [0.25, 0.3) is 11.3 Å². The number of hydrogen-bond acceptors (Lipinski definition) is 5. The molecule has 20 heavy (non-hydrogen) atoms. The molecule has 106 valence electrons. The topological polar surface area (TPSA) is 81.2 Å². The Kier molecular flexibility index (Phi) is 4.19. The van der Waals surface area contributed by atoms with E-state index in [0.29, 0.717) is 17.3 Å². The van der Waals surface area contributed by atoms with Gasteiger partial charge in [0.1, 0.15) is 0 Å². The molecule has 0 radical (unpaired) electrons. The lowest BCUT2D eigenvalue weighted by molar-refractivity contribution is 0.392. The lowest BCUT2D eigenvalue weighted by atomic mass is 10.1. The first-order valence-corrected chi connectivity index (χ1v) is 7.68. The molecule has 0 atom stereocenters. The fraction of sp³-hybridized carbons (Fsp3) is 0.231. The van der Waals surface area contributed by atoms with Crippen LogP contribution in [0.2, 0.25) is 0 Å². The number of nitrogens with one attached hydrogen (secondary N) is 1. The van der Waals surface area contributed by atoms with Gasteiger partial charge in [-0.1, -0.05) is 12.1 Å². The summed E-state index contributed by atoms with van der Waals surface area (Å²) in [5.41, 5.74) is 2.06. The molecule has 0 saturated heterocycles. The Morgan fingerprint density at radius 2 is 1.80 bits per heavy atom. The van der Waals surface area contributed by atoms with Crippen LogP contribution in [-0.4, -0.2) is 31.5 Å². The summed E-state index contributed by atoms with van der Waals surface area (Å²) in [5, 5.41) is 7.91. The molecule has 0 aliphatic heterocycles. The largest absolute Gasteiger partial charge is 0.480 e. The number of hydrogen-bond donors (Lipinski definition) is 1. The lowest BCUT2D eigenvalue weighted by Gasteiger charge is -2.07. The number of aromatic nitrogens is 2. The molecule has 0 amide bonds. The maximum Gasteiger partial charge on any atom is 0.233 e. The Morgan fingerprint density at radius 1 is 1.10 bits per heavy atom. The molecular weight excluding hydrogens is 278 g/mol. The summed E-state index contributed by atoms with van der Waals surface area (Å²) in [5.74, 6) is 0.486. The van der Waals surface area contributed by atoms with Crippen LogP contribution < -0.4 is 9.46 Å². The zero-order valence-electron chi connectivity index (χ0n) is 11.2. The third-order valence-electron chi connectivity index (χ3n) is 2.68. The van der Waals surface area contributed by atoms with Crippen molar-refractivity contribution in [1.82, 2.24) is 10.2 Å². The van der Waals surface area contributed by atoms with E-state index >= 15 is 0 Å². The second-order valence-electron chi connectivity index (χ2n) is 4.04. The molecule has 1 N–H and O–H groups in total. The van der Waals surface area contributed by atoms with Crippen molar-refractivity contribution in [2.45, 2.75) is 6.92 Å². The number of ether oxygens (including phenoxy) is 1. The highest BCUT2D eigenvalue weighted by molar-refractivity contribution is 7.92. The van der Waals surface area contributed by atoms with Gasteiger partial charge in [0, 0.05) is 17.3 Å². The number of benzene rings is 1. The highest BCUT2D eigenvalue weighted by Gasteiger charge is 2.07. The molecule has 7 heteroatoms. The fourth-order valence-electron chi connectivity index (χ4n) is 1.54. The van der Waals surface area contributed by atoms with E-state index in [2.05, 4.69) is 14.9 Å². The van der Waals surface area contributed by atoms with Gasteiger partial charge in [0.05, 0.1) is 18.6 Å². The fourth-order valence-corrected chi connectivity index (χ4v) is 2.18. The first-order chi connectivity index (χ1) is 9.54. The first-order valence-electron chi connectivity index (χ1n) is 6.02. The Morgan fingerprint density at radius 3 is 2.30 bits per heavy atom. The summed E-state index contributed by atoms with van der Waals surface area (Å²) in [6.45, 7) is 1.59. The van der Waals surface area contributed by atoms with Gasteiger partial charge < -0.3 is 4.74 Å². The maximum absolute atomic E-state index is 11.4. The van der Waals surface area contributed by atoms with Crippen molar-refractivity contribution in [3.8, 4) is 17.1 Å². The minimum atomic E-state index is -3.25.